The maximum Gasteiger partial charge on any atom is 0.0678 e. The summed E-state index contributed by atoms with van der Waals surface area (Å²) in [5.74, 6) is 0. The van der Waals surface area contributed by atoms with E-state index in [0.717, 1.165) is 13.1 Å². The third-order valence-electron chi connectivity index (χ3n) is 3.95. The summed E-state index contributed by atoms with van der Waals surface area (Å²) >= 11 is 0. The first-order chi connectivity index (χ1) is 7.66. The van der Waals surface area contributed by atoms with E-state index in [1.165, 1.54) is 32.1 Å². The summed E-state index contributed by atoms with van der Waals surface area (Å²) < 4.78 is 5.79. The second-order valence-electron chi connectivity index (χ2n) is 5.58. The van der Waals surface area contributed by atoms with Crippen molar-refractivity contribution in [2.24, 2.45) is 5.73 Å². The van der Waals surface area contributed by atoms with Crippen LogP contribution in [0.15, 0.2) is 0 Å². The number of morpholine rings is 1. The summed E-state index contributed by atoms with van der Waals surface area (Å²) in [7, 11) is 0. The molecule has 1 saturated heterocycles. The normalized spacial score (nSPS) is 42.9. The Balaban J connectivity index is 1.98. The fourth-order valence-electron chi connectivity index (χ4n) is 3.26. The van der Waals surface area contributed by atoms with E-state index in [0.29, 0.717) is 24.3 Å². The first-order valence-electron chi connectivity index (χ1n) is 6.82. The van der Waals surface area contributed by atoms with Crippen LogP contribution in [0.2, 0.25) is 0 Å². The number of hydrogen-bond donors (Lipinski definition) is 1. The Bertz CT molecular complexity index is 212. The van der Waals surface area contributed by atoms with Gasteiger partial charge in [-0.1, -0.05) is 19.3 Å². The monoisotopic (exact) mass is 226 g/mol. The summed E-state index contributed by atoms with van der Waals surface area (Å²) in [6, 6.07) is 0.969. The number of ether oxygens (including phenoxy) is 1. The Morgan fingerprint density at radius 3 is 2.31 bits per heavy atom. The lowest BCUT2D eigenvalue weighted by Crippen LogP contribution is -2.55. The standard InChI is InChI=1S/C13H26N2O/c1-10-8-15(9-11(2)16-10)13-7-5-3-4-6-12(13)14/h10-13H,3-9,14H2,1-2H3. The van der Waals surface area contributed by atoms with Gasteiger partial charge in [0.1, 0.15) is 0 Å². The topological polar surface area (TPSA) is 38.5 Å². The lowest BCUT2D eigenvalue weighted by Gasteiger charge is -2.42. The minimum atomic E-state index is 0.360. The van der Waals surface area contributed by atoms with Gasteiger partial charge in [-0.05, 0) is 26.7 Å². The fraction of sp³-hybridized carbons (Fsp3) is 1.00. The van der Waals surface area contributed by atoms with Crippen LogP contribution in [0.25, 0.3) is 0 Å². The molecule has 2 fully saturated rings. The molecule has 4 atom stereocenters. The van der Waals surface area contributed by atoms with Crippen molar-refractivity contribution in [3.8, 4) is 0 Å². The zero-order valence-electron chi connectivity index (χ0n) is 10.7. The molecular weight excluding hydrogens is 200 g/mol. The molecule has 4 unspecified atom stereocenters. The minimum Gasteiger partial charge on any atom is -0.373 e. The number of nitrogens with two attached hydrogens (primary N) is 1. The molecule has 0 aromatic heterocycles. The van der Waals surface area contributed by atoms with Crippen LogP contribution in [0, 0.1) is 0 Å². The molecule has 1 aliphatic carbocycles. The van der Waals surface area contributed by atoms with E-state index in [-0.39, 0.29) is 0 Å². The summed E-state index contributed by atoms with van der Waals surface area (Å²) in [6.07, 6.45) is 7.22. The van der Waals surface area contributed by atoms with Crippen LogP contribution < -0.4 is 5.73 Å². The predicted octanol–water partition coefficient (Wildman–Crippen LogP) is 1.76. The van der Waals surface area contributed by atoms with Gasteiger partial charge in [0, 0.05) is 25.2 Å². The average molecular weight is 226 g/mol. The number of nitrogens with zero attached hydrogens (tertiary/aromatic N) is 1. The van der Waals surface area contributed by atoms with Gasteiger partial charge in [-0.3, -0.25) is 4.90 Å². The van der Waals surface area contributed by atoms with Crippen LogP contribution in [-0.4, -0.2) is 42.3 Å². The van der Waals surface area contributed by atoms with Gasteiger partial charge in [-0.25, -0.2) is 0 Å². The fourth-order valence-corrected chi connectivity index (χ4v) is 3.26. The first kappa shape index (κ1) is 12.3. The van der Waals surface area contributed by atoms with E-state index < -0.39 is 0 Å². The van der Waals surface area contributed by atoms with Crippen LogP contribution in [0.1, 0.15) is 46.0 Å². The molecule has 0 aromatic rings. The second-order valence-corrected chi connectivity index (χ2v) is 5.58. The van der Waals surface area contributed by atoms with Gasteiger partial charge in [0.25, 0.3) is 0 Å². The number of rotatable bonds is 1. The third-order valence-corrected chi connectivity index (χ3v) is 3.95. The maximum atomic E-state index is 6.32. The van der Waals surface area contributed by atoms with Crippen LogP contribution in [0.5, 0.6) is 0 Å². The van der Waals surface area contributed by atoms with Gasteiger partial charge >= 0.3 is 0 Å². The van der Waals surface area contributed by atoms with Crippen molar-refractivity contribution in [3.63, 3.8) is 0 Å². The Kier molecular flexibility index (Phi) is 4.22. The lowest BCUT2D eigenvalue weighted by molar-refractivity contribution is -0.0836. The lowest BCUT2D eigenvalue weighted by atomic mass is 10.0. The minimum absolute atomic E-state index is 0.360. The molecule has 2 rings (SSSR count). The van der Waals surface area contributed by atoms with E-state index in [2.05, 4.69) is 18.7 Å². The molecule has 3 nitrogen and oxygen atoms in total. The van der Waals surface area contributed by atoms with Crippen LogP contribution in [-0.2, 0) is 4.74 Å². The molecule has 3 heteroatoms. The average Bonchev–Trinajstić information content (AvgIpc) is 2.41. The Morgan fingerprint density at radius 1 is 1.00 bits per heavy atom. The molecule has 1 heterocycles. The smallest absolute Gasteiger partial charge is 0.0678 e. The summed E-state index contributed by atoms with van der Waals surface area (Å²) in [6.45, 7) is 6.46. The maximum absolute atomic E-state index is 6.32. The van der Waals surface area contributed by atoms with Crippen molar-refractivity contribution < 1.29 is 4.74 Å². The zero-order chi connectivity index (χ0) is 11.5. The Morgan fingerprint density at radius 2 is 1.62 bits per heavy atom. The molecule has 1 aliphatic heterocycles. The van der Waals surface area contributed by atoms with Crippen molar-refractivity contribution in [1.82, 2.24) is 4.90 Å². The van der Waals surface area contributed by atoms with Crippen LogP contribution >= 0.6 is 0 Å². The molecule has 16 heavy (non-hydrogen) atoms. The van der Waals surface area contributed by atoms with Crippen molar-refractivity contribution in [1.29, 1.82) is 0 Å². The van der Waals surface area contributed by atoms with Crippen LogP contribution in [0.4, 0.5) is 0 Å². The summed E-state index contributed by atoms with van der Waals surface area (Å²) in [5, 5.41) is 0. The molecule has 94 valence electrons. The van der Waals surface area contributed by atoms with Gasteiger partial charge in [0.2, 0.25) is 0 Å². The van der Waals surface area contributed by atoms with E-state index in [9.17, 15) is 0 Å². The molecule has 0 aromatic carbocycles. The van der Waals surface area contributed by atoms with Crippen molar-refractivity contribution in [2.45, 2.75) is 70.2 Å². The van der Waals surface area contributed by atoms with E-state index in [4.69, 9.17) is 10.5 Å². The van der Waals surface area contributed by atoms with Gasteiger partial charge < -0.3 is 10.5 Å². The van der Waals surface area contributed by atoms with Crippen molar-refractivity contribution in [2.75, 3.05) is 13.1 Å². The molecule has 0 radical (unpaired) electrons. The van der Waals surface area contributed by atoms with E-state index >= 15 is 0 Å². The SMILES string of the molecule is CC1CN(C2CCCCCC2N)CC(C)O1. The van der Waals surface area contributed by atoms with Crippen LogP contribution in [0.3, 0.4) is 0 Å². The molecule has 2 aliphatic rings. The molecular formula is C13H26N2O. The van der Waals surface area contributed by atoms with Gasteiger partial charge in [0.05, 0.1) is 12.2 Å². The van der Waals surface area contributed by atoms with Gasteiger partial charge in [-0.2, -0.15) is 0 Å². The predicted molar refractivity (Wildman–Crippen MR) is 66.4 cm³/mol. The van der Waals surface area contributed by atoms with E-state index in [1.54, 1.807) is 0 Å². The largest absolute Gasteiger partial charge is 0.373 e. The zero-order valence-corrected chi connectivity index (χ0v) is 10.7. The summed E-state index contributed by atoms with van der Waals surface area (Å²) in [5.41, 5.74) is 6.32. The van der Waals surface area contributed by atoms with Crippen molar-refractivity contribution >= 4 is 0 Å². The van der Waals surface area contributed by atoms with E-state index in [1.807, 2.05) is 0 Å². The molecule has 0 amide bonds. The van der Waals surface area contributed by atoms with Gasteiger partial charge in [0.15, 0.2) is 0 Å². The Labute approximate surface area is 99.3 Å². The molecule has 1 saturated carbocycles. The molecule has 2 N–H and O–H groups in total. The highest BCUT2D eigenvalue weighted by Gasteiger charge is 2.31. The number of hydrogen-bond acceptors (Lipinski definition) is 3. The highest BCUT2D eigenvalue weighted by molar-refractivity contribution is 4.88. The van der Waals surface area contributed by atoms with Gasteiger partial charge in [-0.15, -0.1) is 0 Å². The Hall–Kier alpha value is -0.120. The molecule has 0 spiro atoms. The highest BCUT2D eigenvalue weighted by Crippen LogP contribution is 2.24. The summed E-state index contributed by atoms with van der Waals surface area (Å²) in [4.78, 5) is 2.58. The molecule has 0 bridgehead atoms. The van der Waals surface area contributed by atoms with Crippen molar-refractivity contribution in [3.05, 3.63) is 0 Å². The second kappa shape index (κ2) is 5.48. The third kappa shape index (κ3) is 2.96. The first-order valence-corrected chi connectivity index (χ1v) is 6.82. The highest BCUT2D eigenvalue weighted by atomic mass is 16.5. The quantitative estimate of drug-likeness (QED) is 0.692.